The normalized spacial score (nSPS) is 15.5. The Labute approximate surface area is 142 Å². The fourth-order valence-corrected chi connectivity index (χ4v) is 3.16. The summed E-state index contributed by atoms with van der Waals surface area (Å²) in [4.78, 5) is 14.3. The van der Waals surface area contributed by atoms with Crippen molar-refractivity contribution in [3.05, 3.63) is 59.4 Å². The quantitative estimate of drug-likeness (QED) is 0.936. The number of nitrogens with zero attached hydrogens (tertiary/aromatic N) is 1. The van der Waals surface area contributed by atoms with Crippen LogP contribution in [0.5, 0.6) is 0 Å². The molecule has 0 bridgehead atoms. The van der Waals surface area contributed by atoms with Gasteiger partial charge in [-0.1, -0.05) is 35.9 Å². The van der Waals surface area contributed by atoms with E-state index in [1.807, 2.05) is 37.3 Å². The summed E-state index contributed by atoms with van der Waals surface area (Å²) in [5.74, 6) is -0.208. The Morgan fingerprint density at radius 1 is 1.12 bits per heavy atom. The molecule has 1 fully saturated rings. The average molecular weight is 326 g/mol. The van der Waals surface area contributed by atoms with E-state index in [0.717, 1.165) is 29.5 Å². The molecule has 126 valence electrons. The monoisotopic (exact) mass is 326 g/mol. The third kappa shape index (κ3) is 3.49. The molecule has 1 aliphatic heterocycles. The van der Waals surface area contributed by atoms with Crippen molar-refractivity contribution in [2.45, 2.75) is 19.8 Å². The molecule has 0 spiro atoms. The summed E-state index contributed by atoms with van der Waals surface area (Å²) >= 11 is 0. The van der Waals surface area contributed by atoms with Crippen LogP contribution in [0.1, 0.15) is 28.8 Å². The molecule has 2 aromatic carbocycles. The first-order chi connectivity index (χ1) is 11.6. The van der Waals surface area contributed by atoms with Crippen LogP contribution >= 0.6 is 0 Å². The van der Waals surface area contributed by atoms with E-state index in [-0.39, 0.29) is 11.5 Å². The van der Waals surface area contributed by atoms with Crippen LogP contribution in [0.3, 0.4) is 0 Å². The highest BCUT2D eigenvalue weighted by molar-refractivity contribution is 5.95. The lowest BCUT2D eigenvalue weighted by Gasteiger charge is -2.31. The number of likely N-dealkylation sites (tertiary alicyclic amines) is 1. The van der Waals surface area contributed by atoms with E-state index in [2.05, 4.69) is 0 Å². The molecule has 0 aromatic heterocycles. The van der Waals surface area contributed by atoms with Gasteiger partial charge in [0.15, 0.2) is 0 Å². The molecular weight excluding hydrogens is 303 g/mol. The number of halogens is 1. The van der Waals surface area contributed by atoms with Gasteiger partial charge >= 0.3 is 0 Å². The van der Waals surface area contributed by atoms with Gasteiger partial charge in [-0.25, -0.2) is 4.39 Å². The third-order valence-electron chi connectivity index (χ3n) is 4.82. The lowest BCUT2D eigenvalue weighted by atomic mass is 9.96. The predicted molar refractivity (Wildman–Crippen MR) is 94.3 cm³/mol. The number of benzene rings is 2. The zero-order chi connectivity index (χ0) is 17.1. The SMILES string of the molecule is Cc1ccc(-c2ccc(C(=O)N3CCC(CN)CC3)c(F)c2)cc1. The first-order valence-corrected chi connectivity index (χ1v) is 8.44. The van der Waals surface area contributed by atoms with Gasteiger partial charge in [0.05, 0.1) is 5.56 Å². The van der Waals surface area contributed by atoms with Gasteiger partial charge in [-0.3, -0.25) is 4.79 Å². The smallest absolute Gasteiger partial charge is 0.256 e. The Morgan fingerprint density at radius 3 is 2.33 bits per heavy atom. The summed E-state index contributed by atoms with van der Waals surface area (Å²) in [6.07, 6.45) is 1.79. The van der Waals surface area contributed by atoms with E-state index in [9.17, 15) is 9.18 Å². The van der Waals surface area contributed by atoms with Gasteiger partial charge in [-0.05, 0) is 55.5 Å². The molecule has 2 aromatic rings. The molecule has 0 saturated carbocycles. The standard InChI is InChI=1S/C20H23FN2O/c1-14-2-4-16(5-3-14)17-6-7-18(19(21)12-17)20(24)23-10-8-15(13-22)9-11-23/h2-7,12,15H,8-11,13,22H2,1H3. The highest BCUT2D eigenvalue weighted by Gasteiger charge is 2.24. The zero-order valence-electron chi connectivity index (χ0n) is 14.0. The second kappa shape index (κ2) is 7.14. The van der Waals surface area contributed by atoms with Crippen molar-refractivity contribution in [3.63, 3.8) is 0 Å². The van der Waals surface area contributed by atoms with Crippen LogP contribution in [-0.4, -0.2) is 30.4 Å². The van der Waals surface area contributed by atoms with Gasteiger partial charge in [0.1, 0.15) is 5.82 Å². The van der Waals surface area contributed by atoms with Crippen molar-refractivity contribution in [1.82, 2.24) is 4.90 Å². The van der Waals surface area contributed by atoms with Crippen molar-refractivity contribution < 1.29 is 9.18 Å². The second-order valence-electron chi connectivity index (χ2n) is 6.53. The number of piperidine rings is 1. The highest BCUT2D eigenvalue weighted by atomic mass is 19.1. The second-order valence-corrected chi connectivity index (χ2v) is 6.53. The van der Waals surface area contributed by atoms with Crippen LogP contribution < -0.4 is 5.73 Å². The fourth-order valence-electron chi connectivity index (χ4n) is 3.16. The minimum atomic E-state index is -0.459. The van der Waals surface area contributed by atoms with Gasteiger partial charge in [0.2, 0.25) is 0 Å². The molecule has 0 aliphatic carbocycles. The molecular formula is C20H23FN2O. The van der Waals surface area contributed by atoms with Gasteiger partial charge in [-0.15, -0.1) is 0 Å². The number of aryl methyl sites for hydroxylation is 1. The van der Waals surface area contributed by atoms with E-state index in [4.69, 9.17) is 5.73 Å². The number of carbonyl (C=O) groups excluding carboxylic acids is 1. The van der Waals surface area contributed by atoms with Gasteiger partial charge in [0, 0.05) is 13.1 Å². The van der Waals surface area contributed by atoms with Crippen LogP contribution in [0.4, 0.5) is 4.39 Å². The molecule has 0 unspecified atom stereocenters. The molecule has 1 aliphatic rings. The van der Waals surface area contributed by atoms with Crippen molar-refractivity contribution in [2.24, 2.45) is 11.7 Å². The van der Waals surface area contributed by atoms with E-state index in [1.165, 1.54) is 6.07 Å². The van der Waals surface area contributed by atoms with Crippen LogP contribution in [0, 0.1) is 18.7 Å². The summed E-state index contributed by atoms with van der Waals surface area (Å²) in [5.41, 5.74) is 8.72. The summed E-state index contributed by atoms with van der Waals surface area (Å²) in [6.45, 7) is 3.97. The largest absolute Gasteiger partial charge is 0.339 e. The van der Waals surface area contributed by atoms with Crippen LogP contribution in [0.25, 0.3) is 11.1 Å². The number of amides is 1. The van der Waals surface area contributed by atoms with Gasteiger partial charge < -0.3 is 10.6 Å². The number of carbonyl (C=O) groups is 1. The van der Waals surface area contributed by atoms with E-state index < -0.39 is 5.82 Å². The number of hydrogen-bond acceptors (Lipinski definition) is 2. The molecule has 1 saturated heterocycles. The van der Waals surface area contributed by atoms with Crippen molar-refractivity contribution in [1.29, 1.82) is 0 Å². The van der Waals surface area contributed by atoms with Crippen LogP contribution in [0.2, 0.25) is 0 Å². The Balaban J connectivity index is 1.77. The third-order valence-corrected chi connectivity index (χ3v) is 4.82. The Hall–Kier alpha value is -2.20. The summed E-state index contributed by atoms with van der Waals surface area (Å²) in [5, 5.41) is 0. The summed E-state index contributed by atoms with van der Waals surface area (Å²) in [6, 6.07) is 12.8. The maximum Gasteiger partial charge on any atom is 0.256 e. The van der Waals surface area contributed by atoms with Crippen molar-refractivity contribution in [3.8, 4) is 11.1 Å². The van der Waals surface area contributed by atoms with Crippen LogP contribution in [0.15, 0.2) is 42.5 Å². The number of hydrogen-bond donors (Lipinski definition) is 1. The van der Waals surface area contributed by atoms with Crippen molar-refractivity contribution in [2.75, 3.05) is 19.6 Å². The van der Waals surface area contributed by atoms with E-state index in [0.29, 0.717) is 25.6 Å². The number of nitrogens with two attached hydrogens (primary N) is 1. The van der Waals surface area contributed by atoms with Crippen molar-refractivity contribution >= 4 is 5.91 Å². The summed E-state index contributed by atoms with van der Waals surface area (Å²) in [7, 11) is 0. The lowest BCUT2D eigenvalue weighted by molar-refractivity contribution is 0.0688. The highest BCUT2D eigenvalue weighted by Crippen LogP contribution is 2.24. The lowest BCUT2D eigenvalue weighted by Crippen LogP contribution is -2.40. The molecule has 1 heterocycles. The summed E-state index contributed by atoms with van der Waals surface area (Å²) < 4.78 is 14.5. The minimum absolute atomic E-state index is 0.150. The number of rotatable bonds is 3. The van der Waals surface area contributed by atoms with E-state index >= 15 is 0 Å². The molecule has 3 nitrogen and oxygen atoms in total. The molecule has 3 rings (SSSR count). The predicted octanol–water partition coefficient (Wildman–Crippen LogP) is 3.61. The molecule has 4 heteroatoms. The molecule has 1 amide bonds. The van der Waals surface area contributed by atoms with Gasteiger partial charge in [0.25, 0.3) is 5.91 Å². The maximum absolute atomic E-state index is 14.5. The first-order valence-electron chi connectivity index (χ1n) is 8.44. The Morgan fingerprint density at radius 2 is 1.75 bits per heavy atom. The average Bonchev–Trinajstić information content (AvgIpc) is 2.62. The molecule has 0 radical (unpaired) electrons. The molecule has 0 atom stereocenters. The minimum Gasteiger partial charge on any atom is -0.339 e. The maximum atomic E-state index is 14.5. The molecule has 24 heavy (non-hydrogen) atoms. The van der Waals surface area contributed by atoms with E-state index in [1.54, 1.807) is 11.0 Å². The zero-order valence-corrected chi connectivity index (χ0v) is 14.0. The molecule has 2 N–H and O–H groups in total. The van der Waals surface area contributed by atoms with Crippen LogP contribution in [-0.2, 0) is 0 Å². The Bertz CT molecular complexity index is 719. The first kappa shape index (κ1) is 16.7. The van der Waals surface area contributed by atoms with Gasteiger partial charge in [-0.2, -0.15) is 0 Å². The topological polar surface area (TPSA) is 46.3 Å². The Kier molecular flexibility index (Phi) is 4.95. The fraction of sp³-hybridized carbons (Fsp3) is 0.350.